The smallest absolute Gasteiger partial charge is 0.306 e. The van der Waals surface area contributed by atoms with Gasteiger partial charge in [-0.05, 0) is 61.9 Å². The number of halogens is 1. The predicted molar refractivity (Wildman–Crippen MR) is 128 cm³/mol. The first-order valence-electron chi connectivity index (χ1n) is 11.6. The van der Waals surface area contributed by atoms with Crippen LogP contribution in [0.5, 0.6) is 0 Å². The number of carboxylic acids is 1. The van der Waals surface area contributed by atoms with E-state index in [9.17, 15) is 14.0 Å². The number of carboxylic acid groups (broad SMARTS) is 1. The molecule has 7 heteroatoms. The number of para-hydroxylation sites is 1. The summed E-state index contributed by atoms with van der Waals surface area (Å²) >= 11 is 0. The zero-order valence-electron chi connectivity index (χ0n) is 18.7. The first kappa shape index (κ1) is 22.1. The van der Waals surface area contributed by atoms with Crippen LogP contribution in [-0.4, -0.2) is 33.1 Å². The summed E-state index contributed by atoms with van der Waals surface area (Å²) in [5.74, 6) is -1.58. The number of pyridine rings is 1. The number of amides is 1. The molecule has 1 amide bonds. The van der Waals surface area contributed by atoms with E-state index in [1.54, 1.807) is 0 Å². The number of rotatable bonds is 6. The third-order valence-corrected chi connectivity index (χ3v) is 6.81. The van der Waals surface area contributed by atoms with Gasteiger partial charge in [-0.25, -0.2) is 4.39 Å². The number of aromatic nitrogens is 2. The Kier molecular flexibility index (Phi) is 6.01. The summed E-state index contributed by atoms with van der Waals surface area (Å²) in [6.45, 7) is 0.912. The van der Waals surface area contributed by atoms with E-state index in [-0.39, 0.29) is 17.7 Å². The molecule has 0 unspecified atom stereocenters. The molecule has 0 radical (unpaired) electrons. The van der Waals surface area contributed by atoms with Crippen LogP contribution in [0, 0.1) is 17.7 Å². The molecule has 0 aliphatic heterocycles. The maximum absolute atomic E-state index is 14.3. The molecule has 174 valence electrons. The lowest BCUT2D eigenvalue weighted by Crippen LogP contribution is -2.32. The van der Waals surface area contributed by atoms with Gasteiger partial charge in [0.15, 0.2) is 0 Å². The highest BCUT2D eigenvalue weighted by atomic mass is 19.1. The summed E-state index contributed by atoms with van der Waals surface area (Å²) in [7, 11) is 0. The van der Waals surface area contributed by atoms with Crippen molar-refractivity contribution in [2.24, 2.45) is 11.8 Å². The van der Waals surface area contributed by atoms with Crippen LogP contribution in [0.3, 0.4) is 0 Å². The van der Waals surface area contributed by atoms with Gasteiger partial charge in [0.2, 0.25) is 0 Å². The Morgan fingerprint density at radius 1 is 1.03 bits per heavy atom. The van der Waals surface area contributed by atoms with Gasteiger partial charge in [-0.15, -0.1) is 0 Å². The van der Waals surface area contributed by atoms with Crippen molar-refractivity contribution in [2.45, 2.75) is 32.2 Å². The van der Waals surface area contributed by atoms with Crippen LogP contribution in [0.4, 0.5) is 4.39 Å². The van der Waals surface area contributed by atoms with Gasteiger partial charge in [0.25, 0.3) is 5.91 Å². The maximum atomic E-state index is 14.3. The van der Waals surface area contributed by atoms with E-state index in [1.807, 2.05) is 53.2 Å². The third-order valence-electron chi connectivity index (χ3n) is 6.81. The van der Waals surface area contributed by atoms with Crippen molar-refractivity contribution in [3.63, 3.8) is 0 Å². The van der Waals surface area contributed by atoms with Crippen molar-refractivity contribution in [2.75, 3.05) is 6.54 Å². The lowest BCUT2D eigenvalue weighted by molar-refractivity contribution is -0.143. The van der Waals surface area contributed by atoms with Gasteiger partial charge in [-0.3, -0.25) is 14.6 Å². The topological polar surface area (TPSA) is 84.2 Å². The van der Waals surface area contributed by atoms with E-state index in [4.69, 9.17) is 10.1 Å². The maximum Gasteiger partial charge on any atom is 0.306 e. The Labute approximate surface area is 196 Å². The fourth-order valence-electron chi connectivity index (χ4n) is 4.93. The van der Waals surface area contributed by atoms with E-state index in [2.05, 4.69) is 5.32 Å². The van der Waals surface area contributed by atoms with Crippen LogP contribution in [0.15, 0.2) is 60.8 Å². The second kappa shape index (κ2) is 9.25. The molecule has 6 nitrogen and oxygen atoms in total. The molecular formula is C27H26FN3O3. The zero-order valence-corrected chi connectivity index (χ0v) is 18.7. The Hall–Kier alpha value is -3.74. The summed E-state index contributed by atoms with van der Waals surface area (Å²) < 4.78 is 16.3. The standard InChI is InChI=1S/C27H26FN3O3/c28-21-13-20-11-12-31(16-22-10-9-18-3-1-2-4-24(18)30-22)25(20)23(14-21)26(32)29-15-17-5-7-19(8-6-17)27(33)34/h1-4,9-14,17,19H,5-8,15-16H2,(H,29,32)(H,33,34)/t17-,19-. The van der Waals surface area contributed by atoms with Gasteiger partial charge in [0.05, 0.1) is 34.8 Å². The molecule has 34 heavy (non-hydrogen) atoms. The number of hydrogen-bond acceptors (Lipinski definition) is 3. The highest BCUT2D eigenvalue weighted by molar-refractivity contribution is 6.06. The molecule has 0 atom stereocenters. The number of carbonyl (C=O) groups is 2. The van der Waals surface area contributed by atoms with E-state index < -0.39 is 11.8 Å². The highest BCUT2D eigenvalue weighted by Gasteiger charge is 2.26. The minimum Gasteiger partial charge on any atom is -0.481 e. The third kappa shape index (κ3) is 4.51. The van der Waals surface area contributed by atoms with E-state index in [1.165, 1.54) is 12.1 Å². The molecule has 5 rings (SSSR count). The fourth-order valence-corrected chi connectivity index (χ4v) is 4.93. The van der Waals surface area contributed by atoms with Crippen molar-refractivity contribution in [1.29, 1.82) is 0 Å². The van der Waals surface area contributed by atoms with Crippen molar-refractivity contribution < 1.29 is 19.1 Å². The average molecular weight is 460 g/mol. The molecular weight excluding hydrogens is 433 g/mol. The van der Waals surface area contributed by atoms with Gasteiger partial charge in [-0.2, -0.15) is 0 Å². The van der Waals surface area contributed by atoms with Crippen LogP contribution in [-0.2, 0) is 11.3 Å². The molecule has 0 spiro atoms. The molecule has 1 saturated carbocycles. The number of nitrogens with zero attached hydrogens (tertiary/aromatic N) is 2. The first-order valence-corrected chi connectivity index (χ1v) is 11.6. The van der Waals surface area contributed by atoms with Crippen molar-refractivity contribution >= 4 is 33.7 Å². The normalized spacial score (nSPS) is 18.3. The largest absolute Gasteiger partial charge is 0.481 e. The molecule has 2 aromatic carbocycles. The summed E-state index contributed by atoms with van der Waals surface area (Å²) in [5, 5.41) is 13.8. The molecule has 1 fully saturated rings. The van der Waals surface area contributed by atoms with Gasteiger partial charge in [0.1, 0.15) is 5.82 Å². The second-order valence-electron chi connectivity index (χ2n) is 9.10. The molecule has 0 saturated heterocycles. The minimum absolute atomic E-state index is 0.234. The summed E-state index contributed by atoms with van der Waals surface area (Å²) in [6.07, 6.45) is 4.63. The zero-order chi connectivity index (χ0) is 23.7. The SMILES string of the molecule is O=C(NC[C@H]1CC[C@H](C(=O)O)CC1)c1cc(F)cc2ccn(Cc3ccc4ccccc4n3)c12. The minimum atomic E-state index is -0.744. The van der Waals surface area contributed by atoms with Crippen LogP contribution in [0.25, 0.3) is 21.8 Å². The quantitative estimate of drug-likeness (QED) is 0.425. The Bertz CT molecular complexity index is 1370. The molecule has 0 bridgehead atoms. The second-order valence-corrected chi connectivity index (χ2v) is 9.10. The Morgan fingerprint density at radius 2 is 1.82 bits per heavy atom. The fraction of sp³-hybridized carbons (Fsp3) is 0.296. The van der Waals surface area contributed by atoms with Crippen molar-refractivity contribution in [1.82, 2.24) is 14.9 Å². The van der Waals surface area contributed by atoms with Crippen LogP contribution >= 0.6 is 0 Å². The molecule has 1 aliphatic carbocycles. The lowest BCUT2D eigenvalue weighted by atomic mass is 9.82. The monoisotopic (exact) mass is 459 g/mol. The molecule has 2 aromatic heterocycles. The van der Waals surface area contributed by atoms with E-state index in [0.29, 0.717) is 42.4 Å². The van der Waals surface area contributed by atoms with Crippen molar-refractivity contribution in [3.05, 3.63) is 77.9 Å². The summed E-state index contributed by atoms with van der Waals surface area (Å²) in [4.78, 5) is 29.0. The number of benzene rings is 2. The number of aliphatic carboxylic acids is 1. The van der Waals surface area contributed by atoms with Crippen molar-refractivity contribution in [3.8, 4) is 0 Å². The van der Waals surface area contributed by atoms with E-state index >= 15 is 0 Å². The molecule has 2 N–H and O–H groups in total. The van der Waals surface area contributed by atoms with Crippen LogP contribution < -0.4 is 5.32 Å². The highest BCUT2D eigenvalue weighted by Crippen LogP contribution is 2.29. The number of nitrogens with one attached hydrogen (secondary N) is 1. The first-order chi connectivity index (χ1) is 16.5. The van der Waals surface area contributed by atoms with Gasteiger partial charge in [0, 0.05) is 23.5 Å². The van der Waals surface area contributed by atoms with E-state index in [0.717, 1.165) is 29.4 Å². The van der Waals surface area contributed by atoms with Crippen LogP contribution in [0.1, 0.15) is 41.7 Å². The average Bonchev–Trinajstić information content (AvgIpc) is 3.24. The number of carbonyl (C=O) groups excluding carboxylic acids is 1. The number of fused-ring (bicyclic) bond motifs is 2. The number of hydrogen-bond donors (Lipinski definition) is 2. The van der Waals surface area contributed by atoms with Gasteiger partial charge < -0.3 is 15.0 Å². The van der Waals surface area contributed by atoms with Gasteiger partial charge in [-0.1, -0.05) is 24.3 Å². The molecule has 2 heterocycles. The summed E-state index contributed by atoms with van der Waals surface area (Å²) in [6, 6.07) is 16.4. The lowest BCUT2D eigenvalue weighted by Gasteiger charge is -2.26. The van der Waals surface area contributed by atoms with Gasteiger partial charge >= 0.3 is 5.97 Å². The molecule has 4 aromatic rings. The predicted octanol–water partition coefficient (Wildman–Crippen LogP) is 5.00. The Morgan fingerprint density at radius 3 is 2.62 bits per heavy atom. The van der Waals surface area contributed by atoms with Crippen LogP contribution in [0.2, 0.25) is 0 Å². The summed E-state index contributed by atoms with van der Waals surface area (Å²) in [5.41, 5.74) is 2.71. The Balaban J connectivity index is 1.36. The molecule has 1 aliphatic rings.